The zero-order chi connectivity index (χ0) is 16.7. The fraction of sp³-hybridized carbons (Fsp3) is 0.143. The van der Waals surface area contributed by atoms with Crippen molar-refractivity contribution < 1.29 is 9.83 Å². The van der Waals surface area contributed by atoms with Gasteiger partial charge in [0, 0.05) is 0 Å². The molecule has 0 aliphatic carbocycles. The Bertz CT molecular complexity index is 628. The van der Waals surface area contributed by atoms with Crippen LogP contribution in [0.4, 0.5) is 0 Å². The molecule has 0 saturated carbocycles. The maximum absolute atomic E-state index is 9.92. The molecule has 0 radical (unpaired) electrons. The van der Waals surface area contributed by atoms with Gasteiger partial charge in [-0.3, -0.25) is 9.83 Å². The second-order valence-corrected chi connectivity index (χ2v) is 9.87. The van der Waals surface area contributed by atoms with Gasteiger partial charge in [-0.1, -0.05) is 91.0 Å². The Kier molecular flexibility index (Phi) is 5.59. The zero-order valence-corrected chi connectivity index (χ0v) is 14.6. The quantitative estimate of drug-likeness (QED) is 0.383. The lowest BCUT2D eigenvalue weighted by molar-refractivity contribution is -0.154. The van der Waals surface area contributed by atoms with Gasteiger partial charge in [0.1, 0.15) is 0 Å². The molecule has 24 heavy (non-hydrogen) atoms. The summed E-state index contributed by atoms with van der Waals surface area (Å²) in [6, 6.07) is 33.3. The summed E-state index contributed by atoms with van der Waals surface area (Å²) in [5.41, 5.74) is 3.64. The van der Waals surface area contributed by atoms with Crippen molar-refractivity contribution in [1.82, 2.24) is 0 Å². The highest BCUT2D eigenvalue weighted by atomic mass is 28.4. The largest absolute Gasteiger partial charge is 0.288 e. The lowest BCUT2D eigenvalue weighted by Gasteiger charge is -2.28. The van der Waals surface area contributed by atoms with Crippen LogP contribution in [0.3, 0.4) is 0 Å². The summed E-state index contributed by atoms with van der Waals surface area (Å²) in [5, 5.41) is 9.92. The maximum Gasteiger partial charge on any atom is 0.251 e. The van der Waals surface area contributed by atoms with E-state index in [1.807, 2.05) is 54.6 Å². The Morgan fingerprint density at radius 3 is 1.08 bits per heavy atom. The smallest absolute Gasteiger partial charge is 0.251 e. The van der Waals surface area contributed by atoms with Gasteiger partial charge in [0.2, 0.25) is 0 Å². The van der Waals surface area contributed by atoms with E-state index in [-0.39, 0.29) is 0 Å². The van der Waals surface area contributed by atoms with Crippen molar-refractivity contribution in [3.8, 4) is 0 Å². The number of benzene rings is 3. The van der Waals surface area contributed by atoms with Gasteiger partial charge in [-0.15, -0.1) is 0 Å². The molecule has 0 saturated heterocycles. The van der Waals surface area contributed by atoms with E-state index in [9.17, 15) is 5.26 Å². The van der Waals surface area contributed by atoms with Crippen molar-refractivity contribution in [1.29, 1.82) is 0 Å². The molecule has 0 amide bonds. The van der Waals surface area contributed by atoms with Crippen molar-refractivity contribution in [3.63, 3.8) is 0 Å². The van der Waals surface area contributed by atoms with Gasteiger partial charge in [0.25, 0.3) is 8.32 Å². The highest BCUT2D eigenvalue weighted by molar-refractivity contribution is 6.72. The minimum Gasteiger partial charge on any atom is -0.288 e. The van der Waals surface area contributed by atoms with Crippen LogP contribution in [-0.4, -0.2) is 13.6 Å². The Labute approximate surface area is 144 Å². The number of hydrogen-bond donors (Lipinski definition) is 1. The molecule has 3 rings (SSSR count). The maximum atomic E-state index is 9.92. The van der Waals surface area contributed by atoms with Gasteiger partial charge in [0.05, 0.1) is 0 Å². The van der Waals surface area contributed by atoms with E-state index in [2.05, 4.69) is 36.4 Å². The average Bonchev–Trinajstić information content (AvgIpc) is 2.64. The van der Waals surface area contributed by atoms with Crippen molar-refractivity contribution in [3.05, 3.63) is 108 Å². The Balaban J connectivity index is 1.91. The lowest BCUT2D eigenvalue weighted by Crippen LogP contribution is -2.46. The van der Waals surface area contributed by atoms with Gasteiger partial charge in [-0.25, -0.2) is 0 Å². The fourth-order valence-corrected chi connectivity index (χ4v) is 6.70. The van der Waals surface area contributed by atoms with Gasteiger partial charge in [-0.05, 0) is 34.8 Å². The monoisotopic (exact) mass is 334 g/mol. The summed E-state index contributed by atoms with van der Waals surface area (Å²) in [4.78, 5) is 0. The van der Waals surface area contributed by atoms with Crippen molar-refractivity contribution >= 4 is 8.32 Å². The third-order valence-corrected chi connectivity index (χ3v) is 7.85. The molecule has 0 fully saturated rings. The molecule has 1 N–H and O–H groups in total. The standard InChI is InChI=1S/C21H22O2Si/c22-23-24(16-19-10-4-1-5-11-19,17-20-12-6-2-7-13-20)18-21-14-8-3-9-15-21/h1-15,22H,16-18H2. The highest BCUT2D eigenvalue weighted by Gasteiger charge is 2.37. The van der Waals surface area contributed by atoms with Gasteiger partial charge >= 0.3 is 0 Å². The van der Waals surface area contributed by atoms with Crippen LogP contribution in [0.15, 0.2) is 91.0 Å². The second kappa shape index (κ2) is 8.06. The molecule has 0 heterocycles. The normalized spacial score (nSPS) is 11.4. The van der Waals surface area contributed by atoms with E-state index in [4.69, 9.17) is 4.58 Å². The minimum atomic E-state index is -2.44. The molecule has 122 valence electrons. The molecular weight excluding hydrogens is 312 g/mol. The molecule has 0 unspecified atom stereocenters. The molecule has 3 aromatic carbocycles. The predicted octanol–water partition coefficient (Wildman–Crippen LogP) is 4.77. The number of rotatable bonds is 7. The zero-order valence-electron chi connectivity index (χ0n) is 13.6. The summed E-state index contributed by atoms with van der Waals surface area (Å²) in [7, 11) is -2.44. The van der Waals surface area contributed by atoms with Crippen LogP contribution in [0.5, 0.6) is 0 Å². The predicted molar refractivity (Wildman–Crippen MR) is 99.9 cm³/mol. The first-order valence-corrected chi connectivity index (χ1v) is 10.8. The van der Waals surface area contributed by atoms with E-state index in [0.29, 0.717) is 0 Å². The molecule has 3 heteroatoms. The van der Waals surface area contributed by atoms with Crippen LogP contribution in [0.2, 0.25) is 0 Å². The number of hydrogen-bond acceptors (Lipinski definition) is 2. The summed E-state index contributed by atoms with van der Waals surface area (Å²) in [6.45, 7) is 0. The van der Waals surface area contributed by atoms with Crippen LogP contribution < -0.4 is 0 Å². The molecule has 0 aliphatic rings. The van der Waals surface area contributed by atoms with Gasteiger partial charge in [-0.2, -0.15) is 0 Å². The van der Waals surface area contributed by atoms with E-state index < -0.39 is 8.32 Å². The van der Waals surface area contributed by atoms with Crippen LogP contribution in [0.25, 0.3) is 0 Å². The van der Waals surface area contributed by atoms with E-state index in [1.54, 1.807) is 0 Å². The SMILES string of the molecule is OO[Si](Cc1ccccc1)(Cc1ccccc1)Cc1ccccc1. The van der Waals surface area contributed by atoms with Crippen LogP contribution in [0.1, 0.15) is 16.7 Å². The average molecular weight is 334 g/mol. The van der Waals surface area contributed by atoms with Crippen molar-refractivity contribution in [2.24, 2.45) is 0 Å². The van der Waals surface area contributed by atoms with Crippen molar-refractivity contribution in [2.75, 3.05) is 0 Å². The summed E-state index contributed by atoms with van der Waals surface area (Å²) < 4.78 is 5.29. The first kappa shape index (κ1) is 16.6. The summed E-state index contributed by atoms with van der Waals surface area (Å²) in [6.07, 6.45) is 0. The van der Waals surface area contributed by atoms with Crippen LogP contribution in [-0.2, 0) is 22.7 Å². The molecule has 0 aromatic heterocycles. The van der Waals surface area contributed by atoms with Gasteiger partial charge < -0.3 is 0 Å². The molecular formula is C21H22O2Si. The third-order valence-electron chi connectivity index (χ3n) is 4.30. The molecule has 0 spiro atoms. The minimum absolute atomic E-state index is 0.786. The first-order valence-electron chi connectivity index (χ1n) is 8.24. The highest BCUT2D eigenvalue weighted by Crippen LogP contribution is 2.23. The van der Waals surface area contributed by atoms with E-state index in [0.717, 1.165) is 18.1 Å². The van der Waals surface area contributed by atoms with Crippen molar-refractivity contribution in [2.45, 2.75) is 18.1 Å². The summed E-state index contributed by atoms with van der Waals surface area (Å²) in [5.74, 6) is 0. The third kappa shape index (κ3) is 4.42. The van der Waals surface area contributed by atoms with Crippen LogP contribution >= 0.6 is 0 Å². The molecule has 2 nitrogen and oxygen atoms in total. The molecule has 0 atom stereocenters. The lowest BCUT2D eigenvalue weighted by atomic mass is 10.2. The van der Waals surface area contributed by atoms with E-state index in [1.165, 1.54) is 16.7 Å². The Hall–Kier alpha value is -2.20. The molecule has 0 bridgehead atoms. The first-order chi connectivity index (χ1) is 11.8. The fourth-order valence-electron chi connectivity index (χ4n) is 3.19. The Morgan fingerprint density at radius 1 is 0.542 bits per heavy atom. The Morgan fingerprint density at radius 2 is 0.833 bits per heavy atom. The molecule has 0 aliphatic heterocycles. The van der Waals surface area contributed by atoms with E-state index >= 15 is 0 Å². The summed E-state index contributed by atoms with van der Waals surface area (Å²) >= 11 is 0. The topological polar surface area (TPSA) is 29.5 Å². The van der Waals surface area contributed by atoms with Gasteiger partial charge in [0.15, 0.2) is 0 Å². The van der Waals surface area contributed by atoms with Crippen LogP contribution in [0, 0.1) is 0 Å². The second-order valence-electron chi connectivity index (χ2n) is 6.26. The molecule has 3 aromatic rings.